The molecule has 25 heavy (non-hydrogen) atoms. The quantitative estimate of drug-likeness (QED) is 0.716. The van der Waals surface area contributed by atoms with E-state index in [4.69, 9.17) is 4.74 Å². The molecule has 0 unspecified atom stereocenters. The van der Waals surface area contributed by atoms with E-state index in [2.05, 4.69) is 15.5 Å². The lowest BCUT2D eigenvalue weighted by molar-refractivity contribution is -0.116. The van der Waals surface area contributed by atoms with E-state index in [1.165, 1.54) is 0 Å². The van der Waals surface area contributed by atoms with Gasteiger partial charge in [-0.25, -0.2) is 0 Å². The Hall–Kier alpha value is -3.08. The highest BCUT2D eigenvalue weighted by molar-refractivity contribution is 5.91. The number of carbonyl (C=O) groups is 1. The Balaban J connectivity index is 1.55. The van der Waals surface area contributed by atoms with Crippen LogP contribution in [0.5, 0.6) is 5.75 Å². The zero-order chi connectivity index (χ0) is 17.6. The molecule has 0 saturated carbocycles. The first-order chi connectivity index (χ1) is 12.1. The number of benzene rings is 2. The minimum atomic E-state index is -0.00816. The van der Waals surface area contributed by atoms with E-state index in [9.17, 15) is 4.79 Å². The first-order valence-corrected chi connectivity index (χ1v) is 8.19. The van der Waals surface area contributed by atoms with Gasteiger partial charge in [0.2, 0.25) is 5.91 Å². The molecular weight excluding hydrogens is 314 g/mol. The van der Waals surface area contributed by atoms with Crippen LogP contribution in [0.3, 0.4) is 0 Å². The van der Waals surface area contributed by atoms with E-state index in [-0.39, 0.29) is 5.91 Å². The second kappa shape index (κ2) is 7.66. The molecule has 5 nitrogen and oxygen atoms in total. The van der Waals surface area contributed by atoms with Gasteiger partial charge in [-0.05, 0) is 49.2 Å². The van der Waals surface area contributed by atoms with Gasteiger partial charge in [-0.15, -0.1) is 0 Å². The third kappa shape index (κ3) is 4.47. The van der Waals surface area contributed by atoms with Crippen molar-refractivity contribution in [3.8, 4) is 17.0 Å². The molecule has 3 rings (SSSR count). The van der Waals surface area contributed by atoms with E-state index >= 15 is 0 Å². The van der Waals surface area contributed by atoms with E-state index in [1.807, 2.05) is 61.5 Å². The Morgan fingerprint density at radius 3 is 2.64 bits per heavy atom. The molecule has 0 atom stereocenters. The SMILES string of the molecule is COc1cccc(CCC(=O)Nc2ccc(-c3cc(C)[nH]n3)cc2)c1. The van der Waals surface area contributed by atoms with Crippen molar-refractivity contribution in [3.63, 3.8) is 0 Å². The molecule has 0 radical (unpaired) electrons. The standard InChI is InChI=1S/C20H21N3O2/c1-14-12-19(23-22-14)16-7-9-17(10-8-16)21-20(24)11-6-15-4-3-5-18(13-15)25-2/h3-5,7-10,12-13H,6,11H2,1-2H3,(H,21,24)(H,22,23). The lowest BCUT2D eigenvalue weighted by Crippen LogP contribution is -2.12. The van der Waals surface area contributed by atoms with Gasteiger partial charge < -0.3 is 10.1 Å². The van der Waals surface area contributed by atoms with E-state index < -0.39 is 0 Å². The predicted molar refractivity (Wildman–Crippen MR) is 98.7 cm³/mol. The smallest absolute Gasteiger partial charge is 0.224 e. The van der Waals surface area contributed by atoms with Gasteiger partial charge in [-0.2, -0.15) is 5.10 Å². The molecule has 0 saturated heterocycles. The van der Waals surface area contributed by atoms with Crippen molar-refractivity contribution >= 4 is 11.6 Å². The number of aromatic nitrogens is 2. The predicted octanol–water partition coefficient (Wildman–Crippen LogP) is 3.97. The number of methoxy groups -OCH3 is 1. The summed E-state index contributed by atoms with van der Waals surface area (Å²) in [7, 11) is 1.64. The molecule has 5 heteroatoms. The summed E-state index contributed by atoms with van der Waals surface area (Å²) in [6.45, 7) is 1.97. The molecule has 2 aromatic carbocycles. The average Bonchev–Trinajstić information content (AvgIpc) is 3.07. The maximum atomic E-state index is 12.1. The number of anilines is 1. The zero-order valence-corrected chi connectivity index (χ0v) is 14.4. The highest BCUT2D eigenvalue weighted by Crippen LogP contribution is 2.20. The fourth-order valence-electron chi connectivity index (χ4n) is 2.60. The molecule has 0 aliphatic heterocycles. The number of rotatable bonds is 6. The summed E-state index contributed by atoms with van der Waals surface area (Å²) < 4.78 is 5.20. The maximum Gasteiger partial charge on any atom is 0.224 e. The van der Waals surface area contributed by atoms with Gasteiger partial charge >= 0.3 is 0 Å². The van der Waals surface area contributed by atoms with Crippen LogP contribution in [0.2, 0.25) is 0 Å². The first-order valence-electron chi connectivity index (χ1n) is 8.19. The molecule has 1 amide bonds. The number of aryl methyl sites for hydroxylation is 2. The Bertz CT molecular complexity index is 853. The molecule has 0 bridgehead atoms. The molecule has 0 aliphatic carbocycles. The Morgan fingerprint density at radius 2 is 1.96 bits per heavy atom. The molecule has 1 aromatic heterocycles. The average molecular weight is 335 g/mol. The van der Waals surface area contributed by atoms with Crippen molar-refractivity contribution in [2.75, 3.05) is 12.4 Å². The van der Waals surface area contributed by atoms with Crippen LogP contribution >= 0.6 is 0 Å². The van der Waals surface area contributed by atoms with Crippen LogP contribution in [0.4, 0.5) is 5.69 Å². The van der Waals surface area contributed by atoms with Gasteiger partial charge in [0.1, 0.15) is 5.75 Å². The zero-order valence-electron chi connectivity index (χ0n) is 14.4. The number of hydrogen-bond acceptors (Lipinski definition) is 3. The van der Waals surface area contributed by atoms with Crippen molar-refractivity contribution in [1.29, 1.82) is 0 Å². The van der Waals surface area contributed by atoms with Crippen LogP contribution < -0.4 is 10.1 Å². The molecule has 0 fully saturated rings. The summed E-state index contributed by atoms with van der Waals surface area (Å²) >= 11 is 0. The van der Waals surface area contributed by atoms with Crippen LogP contribution in [0, 0.1) is 6.92 Å². The first kappa shape index (κ1) is 16.8. The fraction of sp³-hybridized carbons (Fsp3) is 0.200. The topological polar surface area (TPSA) is 67.0 Å². The van der Waals surface area contributed by atoms with E-state index in [0.717, 1.165) is 34.0 Å². The third-order valence-corrected chi connectivity index (χ3v) is 3.95. The second-order valence-corrected chi connectivity index (χ2v) is 5.91. The Morgan fingerprint density at radius 1 is 1.16 bits per heavy atom. The number of nitrogens with one attached hydrogen (secondary N) is 2. The normalized spacial score (nSPS) is 10.5. The van der Waals surface area contributed by atoms with E-state index in [0.29, 0.717) is 12.8 Å². The van der Waals surface area contributed by atoms with Crippen LogP contribution in [-0.4, -0.2) is 23.2 Å². The summed E-state index contributed by atoms with van der Waals surface area (Å²) in [6.07, 6.45) is 1.10. The van der Waals surface area contributed by atoms with Crippen LogP contribution in [0.1, 0.15) is 17.7 Å². The molecule has 0 aliphatic rings. The van der Waals surface area contributed by atoms with Crippen LogP contribution in [0.15, 0.2) is 54.6 Å². The number of hydrogen-bond donors (Lipinski definition) is 2. The van der Waals surface area contributed by atoms with Gasteiger partial charge in [-0.3, -0.25) is 9.89 Å². The Kier molecular flexibility index (Phi) is 5.14. The fourth-order valence-corrected chi connectivity index (χ4v) is 2.60. The van der Waals surface area contributed by atoms with E-state index in [1.54, 1.807) is 7.11 Å². The summed E-state index contributed by atoms with van der Waals surface area (Å²) in [4.78, 5) is 12.1. The molecule has 2 N–H and O–H groups in total. The highest BCUT2D eigenvalue weighted by atomic mass is 16.5. The van der Waals surface area contributed by atoms with Crippen LogP contribution in [-0.2, 0) is 11.2 Å². The third-order valence-electron chi connectivity index (χ3n) is 3.95. The number of aromatic amines is 1. The Labute approximate surface area is 147 Å². The summed E-state index contributed by atoms with van der Waals surface area (Å²) in [5, 5.41) is 10.1. The van der Waals surface area contributed by atoms with Gasteiger partial charge in [0.15, 0.2) is 0 Å². The number of H-pyrrole nitrogens is 1. The minimum absolute atomic E-state index is 0.00816. The van der Waals surface area contributed by atoms with Gasteiger partial charge in [0.05, 0.1) is 12.8 Å². The number of carbonyl (C=O) groups excluding carboxylic acids is 1. The van der Waals surface area contributed by atoms with Crippen LogP contribution in [0.25, 0.3) is 11.3 Å². The molecule has 0 spiro atoms. The summed E-state index contributed by atoms with van der Waals surface area (Å²) in [5.74, 6) is 0.799. The minimum Gasteiger partial charge on any atom is -0.497 e. The molecule has 128 valence electrons. The lowest BCUT2D eigenvalue weighted by atomic mass is 10.1. The number of amides is 1. The largest absolute Gasteiger partial charge is 0.497 e. The van der Waals surface area contributed by atoms with Gasteiger partial charge in [0, 0.05) is 23.4 Å². The second-order valence-electron chi connectivity index (χ2n) is 5.91. The van der Waals surface area contributed by atoms with Crippen molar-refractivity contribution in [3.05, 3.63) is 65.9 Å². The number of nitrogens with zero attached hydrogens (tertiary/aromatic N) is 1. The van der Waals surface area contributed by atoms with Gasteiger partial charge in [0.25, 0.3) is 0 Å². The molecule has 3 aromatic rings. The monoisotopic (exact) mass is 335 g/mol. The summed E-state index contributed by atoms with van der Waals surface area (Å²) in [6, 6.07) is 17.5. The van der Waals surface area contributed by atoms with Crippen molar-refractivity contribution in [2.45, 2.75) is 19.8 Å². The lowest BCUT2D eigenvalue weighted by Gasteiger charge is -2.07. The highest BCUT2D eigenvalue weighted by Gasteiger charge is 2.06. The maximum absolute atomic E-state index is 12.1. The van der Waals surface area contributed by atoms with Gasteiger partial charge in [-0.1, -0.05) is 24.3 Å². The van der Waals surface area contributed by atoms with Crippen molar-refractivity contribution in [2.24, 2.45) is 0 Å². The number of ether oxygens (including phenoxy) is 1. The van der Waals surface area contributed by atoms with Crippen molar-refractivity contribution < 1.29 is 9.53 Å². The molecular formula is C20H21N3O2. The van der Waals surface area contributed by atoms with Crippen molar-refractivity contribution in [1.82, 2.24) is 10.2 Å². The molecule has 1 heterocycles. The summed E-state index contributed by atoms with van der Waals surface area (Å²) in [5.41, 5.74) is 4.79.